The average Bonchev–Trinajstić information content (AvgIpc) is 2.61. The summed E-state index contributed by atoms with van der Waals surface area (Å²) in [6.45, 7) is 6.10. The van der Waals surface area contributed by atoms with Gasteiger partial charge in [0.1, 0.15) is 0 Å². The van der Waals surface area contributed by atoms with Gasteiger partial charge in [0.2, 0.25) is 11.8 Å². The van der Waals surface area contributed by atoms with Crippen molar-refractivity contribution in [2.75, 3.05) is 5.32 Å². The summed E-state index contributed by atoms with van der Waals surface area (Å²) in [5.74, 6) is -0.168. The molecule has 0 fully saturated rings. The standard InChI is InChI=1S/C21H27N3O2/c1-15(2)24(16(3)25)14-18-9-11-19(12-10-18)23-21(26)20(22)13-17-7-5-4-6-8-17/h4-12,15,20H,13-14,22H2,1-3H3,(H,23,26)/t20-/m0/s1. The minimum atomic E-state index is -0.605. The fraction of sp³-hybridized carbons (Fsp3) is 0.333. The second kappa shape index (κ2) is 9.15. The zero-order chi connectivity index (χ0) is 19.1. The van der Waals surface area contributed by atoms with Crippen molar-refractivity contribution in [2.45, 2.75) is 45.8 Å². The molecule has 0 saturated heterocycles. The molecule has 0 aliphatic rings. The molecule has 2 aromatic rings. The van der Waals surface area contributed by atoms with E-state index in [0.29, 0.717) is 18.7 Å². The lowest BCUT2D eigenvalue weighted by molar-refractivity contribution is -0.131. The van der Waals surface area contributed by atoms with Crippen molar-refractivity contribution in [1.82, 2.24) is 4.90 Å². The van der Waals surface area contributed by atoms with Crippen molar-refractivity contribution in [3.63, 3.8) is 0 Å². The first-order valence-corrected chi connectivity index (χ1v) is 8.83. The van der Waals surface area contributed by atoms with Gasteiger partial charge in [-0.05, 0) is 43.5 Å². The monoisotopic (exact) mass is 353 g/mol. The predicted molar refractivity (Wildman–Crippen MR) is 105 cm³/mol. The Balaban J connectivity index is 1.93. The highest BCUT2D eigenvalue weighted by Gasteiger charge is 2.15. The number of rotatable bonds is 7. The number of carbonyl (C=O) groups excluding carboxylic acids is 2. The van der Waals surface area contributed by atoms with Gasteiger partial charge in [-0.25, -0.2) is 0 Å². The van der Waals surface area contributed by atoms with Crippen LogP contribution in [-0.4, -0.2) is 28.8 Å². The Hall–Kier alpha value is -2.66. The molecule has 0 aromatic heterocycles. The molecule has 0 aliphatic heterocycles. The first-order valence-electron chi connectivity index (χ1n) is 8.83. The number of benzene rings is 2. The SMILES string of the molecule is CC(=O)N(Cc1ccc(NC(=O)[C@@H](N)Cc2ccccc2)cc1)C(C)C. The molecule has 0 saturated carbocycles. The molecule has 26 heavy (non-hydrogen) atoms. The number of nitrogens with zero attached hydrogens (tertiary/aromatic N) is 1. The molecule has 0 unspecified atom stereocenters. The number of amides is 2. The molecular formula is C21H27N3O2. The maximum Gasteiger partial charge on any atom is 0.241 e. The van der Waals surface area contributed by atoms with Gasteiger partial charge in [0, 0.05) is 25.2 Å². The van der Waals surface area contributed by atoms with Crippen molar-refractivity contribution in [3.05, 3.63) is 65.7 Å². The van der Waals surface area contributed by atoms with Gasteiger partial charge in [0.15, 0.2) is 0 Å². The average molecular weight is 353 g/mol. The molecule has 1 atom stereocenters. The van der Waals surface area contributed by atoms with Gasteiger partial charge in [-0.2, -0.15) is 0 Å². The van der Waals surface area contributed by atoms with Gasteiger partial charge in [0.05, 0.1) is 6.04 Å². The second-order valence-electron chi connectivity index (χ2n) is 6.72. The van der Waals surface area contributed by atoms with E-state index in [4.69, 9.17) is 5.73 Å². The Morgan fingerprint density at radius 1 is 1.00 bits per heavy atom. The first kappa shape index (κ1) is 19.7. The van der Waals surface area contributed by atoms with Gasteiger partial charge in [-0.1, -0.05) is 42.5 Å². The van der Waals surface area contributed by atoms with Gasteiger partial charge < -0.3 is 16.0 Å². The van der Waals surface area contributed by atoms with E-state index >= 15 is 0 Å². The molecule has 2 rings (SSSR count). The summed E-state index contributed by atoms with van der Waals surface area (Å²) in [7, 11) is 0. The Morgan fingerprint density at radius 2 is 1.62 bits per heavy atom. The lowest BCUT2D eigenvalue weighted by atomic mass is 10.1. The molecule has 0 bridgehead atoms. The molecule has 2 aromatic carbocycles. The van der Waals surface area contributed by atoms with Crippen molar-refractivity contribution in [2.24, 2.45) is 5.73 Å². The molecule has 0 heterocycles. The van der Waals surface area contributed by atoms with E-state index in [1.165, 1.54) is 0 Å². The number of hydrogen-bond donors (Lipinski definition) is 2. The highest BCUT2D eigenvalue weighted by Crippen LogP contribution is 2.14. The van der Waals surface area contributed by atoms with Crippen LogP contribution < -0.4 is 11.1 Å². The van der Waals surface area contributed by atoms with Crippen LogP contribution in [0.1, 0.15) is 31.9 Å². The number of nitrogens with two attached hydrogens (primary N) is 1. The highest BCUT2D eigenvalue weighted by atomic mass is 16.2. The minimum absolute atomic E-state index is 0.0456. The van der Waals surface area contributed by atoms with Crippen LogP contribution in [-0.2, 0) is 22.6 Å². The van der Waals surface area contributed by atoms with E-state index < -0.39 is 6.04 Å². The molecule has 5 nitrogen and oxygen atoms in total. The molecular weight excluding hydrogens is 326 g/mol. The molecule has 3 N–H and O–H groups in total. The maximum absolute atomic E-state index is 12.3. The summed E-state index contributed by atoms with van der Waals surface area (Å²) in [6, 6.07) is 16.7. The zero-order valence-corrected chi connectivity index (χ0v) is 15.6. The number of nitrogens with one attached hydrogen (secondary N) is 1. The fourth-order valence-corrected chi connectivity index (χ4v) is 2.74. The quantitative estimate of drug-likeness (QED) is 0.803. The van der Waals surface area contributed by atoms with Crippen LogP contribution in [0.4, 0.5) is 5.69 Å². The van der Waals surface area contributed by atoms with Crippen LogP contribution >= 0.6 is 0 Å². The summed E-state index contributed by atoms with van der Waals surface area (Å²) in [4.78, 5) is 25.7. The molecule has 2 amide bonds. The lowest BCUT2D eigenvalue weighted by Crippen LogP contribution is -2.37. The van der Waals surface area contributed by atoms with Gasteiger partial charge in [-0.3, -0.25) is 9.59 Å². The summed E-state index contributed by atoms with van der Waals surface area (Å²) < 4.78 is 0. The van der Waals surface area contributed by atoms with E-state index in [1.807, 2.05) is 68.4 Å². The summed E-state index contributed by atoms with van der Waals surface area (Å²) >= 11 is 0. The largest absolute Gasteiger partial charge is 0.336 e. The van der Waals surface area contributed by atoms with E-state index in [-0.39, 0.29) is 17.9 Å². The number of hydrogen-bond acceptors (Lipinski definition) is 3. The smallest absolute Gasteiger partial charge is 0.241 e. The van der Waals surface area contributed by atoms with Crippen molar-refractivity contribution >= 4 is 17.5 Å². The molecule has 0 aliphatic carbocycles. The van der Waals surface area contributed by atoms with Crippen molar-refractivity contribution in [3.8, 4) is 0 Å². The molecule has 5 heteroatoms. The van der Waals surface area contributed by atoms with Gasteiger partial charge in [-0.15, -0.1) is 0 Å². The third-order valence-corrected chi connectivity index (χ3v) is 4.24. The molecule has 0 radical (unpaired) electrons. The van der Waals surface area contributed by atoms with E-state index in [2.05, 4.69) is 5.32 Å². The van der Waals surface area contributed by atoms with Crippen LogP contribution in [0.25, 0.3) is 0 Å². The number of carbonyl (C=O) groups is 2. The number of anilines is 1. The third kappa shape index (κ3) is 5.70. The Morgan fingerprint density at radius 3 is 2.15 bits per heavy atom. The topological polar surface area (TPSA) is 75.4 Å². The third-order valence-electron chi connectivity index (χ3n) is 4.24. The normalized spacial score (nSPS) is 11.9. The Bertz CT molecular complexity index is 727. The maximum atomic E-state index is 12.3. The van der Waals surface area contributed by atoms with Crippen molar-refractivity contribution < 1.29 is 9.59 Å². The fourth-order valence-electron chi connectivity index (χ4n) is 2.74. The van der Waals surface area contributed by atoms with Crippen LogP contribution in [0.5, 0.6) is 0 Å². The predicted octanol–water partition coefficient (Wildman–Crippen LogP) is 2.95. The zero-order valence-electron chi connectivity index (χ0n) is 15.6. The summed E-state index contributed by atoms with van der Waals surface area (Å²) in [5, 5.41) is 2.84. The minimum Gasteiger partial charge on any atom is -0.336 e. The first-order chi connectivity index (χ1) is 12.4. The van der Waals surface area contributed by atoms with Crippen LogP contribution in [0.2, 0.25) is 0 Å². The lowest BCUT2D eigenvalue weighted by Gasteiger charge is -2.25. The van der Waals surface area contributed by atoms with Crippen LogP contribution in [0.3, 0.4) is 0 Å². The molecule has 138 valence electrons. The van der Waals surface area contributed by atoms with Crippen LogP contribution in [0.15, 0.2) is 54.6 Å². The summed E-state index contributed by atoms with van der Waals surface area (Å²) in [5.41, 5.74) is 8.74. The van der Waals surface area contributed by atoms with E-state index in [9.17, 15) is 9.59 Å². The highest BCUT2D eigenvalue weighted by molar-refractivity contribution is 5.94. The second-order valence-corrected chi connectivity index (χ2v) is 6.72. The Labute approximate surface area is 155 Å². The van der Waals surface area contributed by atoms with E-state index in [0.717, 1.165) is 11.1 Å². The molecule has 0 spiro atoms. The van der Waals surface area contributed by atoms with E-state index in [1.54, 1.807) is 11.8 Å². The van der Waals surface area contributed by atoms with Gasteiger partial charge in [0.25, 0.3) is 0 Å². The summed E-state index contributed by atoms with van der Waals surface area (Å²) in [6.07, 6.45) is 0.493. The van der Waals surface area contributed by atoms with Gasteiger partial charge >= 0.3 is 0 Å². The van der Waals surface area contributed by atoms with Crippen molar-refractivity contribution in [1.29, 1.82) is 0 Å². The Kier molecular flexibility index (Phi) is 6.92. The van der Waals surface area contributed by atoms with Crippen LogP contribution in [0, 0.1) is 0 Å².